The van der Waals surface area contributed by atoms with Gasteiger partial charge in [0.1, 0.15) is 5.69 Å². The normalized spacial score (nSPS) is 21.9. The van der Waals surface area contributed by atoms with Crippen LogP contribution in [-0.2, 0) is 10.0 Å². The number of nitro groups is 1. The van der Waals surface area contributed by atoms with Crippen LogP contribution in [0, 0.1) is 22.0 Å². The van der Waals surface area contributed by atoms with Gasteiger partial charge >= 0.3 is 0 Å². The van der Waals surface area contributed by atoms with Crippen LogP contribution >= 0.6 is 0 Å². The largest absolute Gasteiger partial charge is 0.395 e. The number of nitro benzene ring substituents is 1. The molecule has 0 bridgehead atoms. The molecule has 1 aliphatic heterocycles. The first-order valence-corrected chi connectivity index (χ1v) is 9.71. The monoisotopic (exact) mass is 371 g/mol. The summed E-state index contributed by atoms with van der Waals surface area (Å²) in [5.41, 5.74) is -0.00601. The Morgan fingerprint density at radius 1 is 1.32 bits per heavy atom. The van der Waals surface area contributed by atoms with Gasteiger partial charge in [0.2, 0.25) is 10.0 Å². The highest BCUT2D eigenvalue weighted by Crippen LogP contribution is 2.33. The lowest BCUT2D eigenvalue weighted by Gasteiger charge is -2.34. The number of aliphatic hydroxyl groups excluding tert-OH is 1. The van der Waals surface area contributed by atoms with Gasteiger partial charge in [0.25, 0.3) is 5.69 Å². The topological polar surface area (TPSA) is 104 Å². The third-order valence-corrected chi connectivity index (χ3v) is 6.29. The van der Waals surface area contributed by atoms with E-state index in [0.717, 1.165) is 12.5 Å². The Kier molecular flexibility index (Phi) is 6.02. The van der Waals surface area contributed by atoms with Crippen molar-refractivity contribution >= 4 is 21.4 Å². The number of nitrogens with zero attached hydrogens (tertiary/aromatic N) is 3. The average molecular weight is 371 g/mol. The molecule has 8 nitrogen and oxygen atoms in total. The Balaban J connectivity index is 2.41. The molecule has 0 aromatic heterocycles. The first kappa shape index (κ1) is 19.6. The van der Waals surface area contributed by atoms with Crippen LogP contribution in [-0.4, -0.2) is 56.0 Å². The second-order valence-electron chi connectivity index (χ2n) is 6.82. The maximum absolute atomic E-state index is 12.9. The van der Waals surface area contributed by atoms with Crippen molar-refractivity contribution in [3.05, 3.63) is 28.3 Å². The molecule has 1 N–H and O–H groups in total. The van der Waals surface area contributed by atoms with Crippen molar-refractivity contribution in [1.82, 2.24) is 4.31 Å². The molecule has 0 spiro atoms. The van der Waals surface area contributed by atoms with Crippen LogP contribution < -0.4 is 4.90 Å². The first-order valence-electron chi connectivity index (χ1n) is 8.27. The molecule has 0 aliphatic carbocycles. The van der Waals surface area contributed by atoms with E-state index in [2.05, 4.69) is 0 Å². The number of anilines is 1. The molecular weight excluding hydrogens is 346 g/mol. The quantitative estimate of drug-likeness (QED) is 0.603. The number of likely N-dealkylation sites (N-methyl/N-ethyl adjacent to an activating group) is 1. The fourth-order valence-corrected chi connectivity index (χ4v) is 5.05. The van der Waals surface area contributed by atoms with Crippen molar-refractivity contribution in [3.63, 3.8) is 0 Å². The molecule has 0 unspecified atom stereocenters. The summed E-state index contributed by atoms with van der Waals surface area (Å²) >= 11 is 0. The van der Waals surface area contributed by atoms with Gasteiger partial charge in [-0.05, 0) is 30.4 Å². The zero-order valence-electron chi connectivity index (χ0n) is 14.8. The Morgan fingerprint density at radius 3 is 2.44 bits per heavy atom. The Morgan fingerprint density at radius 2 is 1.92 bits per heavy atom. The van der Waals surface area contributed by atoms with Crippen LogP contribution in [0.3, 0.4) is 0 Å². The van der Waals surface area contributed by atoms with E-state index in [4.69, 9.17) is 5.11 Å². The molecular formula is C16H25N3O5S. The molecule has 9 heteroatoms. The molecule has 1 fully saturated rings. The number of rotatable bonds is 6. The van der Waals surface area contributed by atoms with Crippen LogP contribution in [0.5, 0.6) is 0 Å². The van der Waals surface area contributed by atoms with E-state index in [1.54, 1.807) is 7.05 Å². The van der Waals surface area contributed by atoms with Gasteiger partial charge in [-0.2, -0.15) is 4.31 Å². The van der Waals surface area contributed by atoms with Crippen molar-refractivity contribution in [2.75, 3.05) is 38.2 Å². The molecule has 1 aromatic rings. The summed E-state index contributed by atoms with van der Waals surface area (Å²) in [6.45, 7) is 4.92. The van der Waals surface area contributed by atoms with E-state index in [9.17, 15) is 18.5 Å². The van der Waals surface area contributed by atoms with Gasteiger partial charge in [-0.1, -0.05) is 13.8 Å². The summed E-state index contributed by atoms with van der Waals surface area (Å²) in [6.07, 6.45) is 0.969. The lowest BCUT2D eigenvalue weighted by atomic mass is 9.94. The van der Waals surface area contributed by atoms with E-state index in [-0.39, 0.29) is 41.3 Å². The Hall–Kier alpha value is -1.71. The van der Waals surface area contributed by atoms with Crippen molar-refractivity contribution in [3.8, 4) is 0 Å². The molecule has 1 aliphatic rings. The highest BCUT2D eigenvalue weighted by atomic mass is 32.2. The summed E-state index contributed by atoms with van der Waals surface area (Å²) in [6, 6.07) is 3.94. The van der Waals surface area contributed by atoms with Gasteiger partial charge in [0.05, 0.1) is 16.4 Å². The number of aliphatic hydroxyl groups is 1. The summed E-state index contributed by atoms with van der Waals surface area (Å²) in [5.74, 6) is 0.506. The maximum Gasteiger partial charge on any atom is 0.293 e. The number of benzene rings is 1. The molecule has 1 saturated heterocycles. The van der Waals surface area contributed by atoms with Crippen LogP contribution in [0.2, 0.25) is 0 Å². The lowest BCUT2D eigenvalue weighted by molar-refractivity contribution is -0.384. The Labute approximate surface area is 148 Å². The maximum atomic E-state index is 12.9. The van der Waals surface area contributed by atoms with Gasteiger partial charge in [-0.25, -0.2) is 8.42 Å². The number of hydrogen-bond acceptors (Lipinski definition) is 6. The number of piperidine rings is 1. The standard InChI is InChI=1S/C16H25N3O5S/c1-12-8-13(2)11-18(10-12)25(23,24)14-4-5-15(17(3)6-7-20)16(9-14)19(21)22/h4-5,9,12-13,20H,6-8,10-11H2,1-3H3/t12-,13-/m1/s1. The summed E-state index contributed by atoms with van der Waals surface area (Å²) in [7, 11) is -2.17. The predicted molar refractivity (Wildman–Crippen MR) is 95.2 cm³/mol. The number of sulfonamides is 1. The minimum absolute atomic E-state index is 0.0679. The molecule has 2 atom stereocenters. The molecule has 0 radical (unpaired) electrons. The van der Waals surface area contributed by atoms with Gasteiger partial charge in [-0.3, -0.25) is 10.1 Å². The van der Waals surface area contributed by atoms with Crippen molar-refractivity contribution in [1.29, 1.82) is 0 Å². The molecule has 2 rings (SSSR count). The Bertz CT molecular complexity index is 727. The second-order valence-corrected chi connectivity index (χ2v) is 8.76. The van der Waals surface area contributed by atoms with Gasteiger partial charge < -0.3 is 10.0 Å². The SMILES string of the molecule is C[C@@H]1C[C@@H](C)CN(S(=O)(=O)c2ccc(N(C)CCO)c([N+](=O)[O-])c2)C1. The van der Waals surface area contributed by atoms with Crippen LogP contribution in [0.25, 0.3) is 0 Å². The highest BCUT2D eigenvalue weighted by Gasteiger charge is 2.33. The summed E-state index contributed by atoms with van der Waals surface area (Å²) < 4.78 is 27.2. The van der Waals surface area contributed by atoms with Crippen LogP contribution in [0.1, 0.15) is 20.3 Å². The third kappa shape index (κ3) is 4.28. The van der Waals surface area contributed by atoms with E-state index in [1.165, 1.54) is 21.3 Å². The molecule has 1 aromatic carbocycles. The molecule has 140 valence electrons. The van der Waals surface area contributed by atoms with Gasteiger partial charge in [0, 0.05) is 32.7 Å². The number of hydrogen-bond donors (Lipinski definition) is 1. The summed E-state index contributed by atoms with van der Waals surface area (Å²) in [4.78, 5) is 12.3. The average Bonchev–Trinajstić information content (AvgIpc) is 2.53. The molecule has 25 heavy (non-hydrogen) atoms. The van der Waals surface area contributed by atoms with E-state index in [1.807, 2.05) is 13.8 Å². The highest BCUT2D eigenvalue weighted by molar-refractivity contribution is 7.89. The lowest BCUT2D eigenvalue weighted by Crippen LogP contribution is -2.42. The molecule has 0 amide bonds. The fraction of sp³-hybridized carbons (Fsp3) is 0.625. The fourth-order valence-electron chi connectivity index (χ4n) is 3.35. The van der Waals surface area contributed by atoms with Crippen molar-refractivity contribution in [2.45, 2.75) is 25.2 Å². The minimum atomic E-state index is -3.78. The smallest absolute Gasteiger partial charge is 0.293 e. The van der Waals surface area contributed by atoms with Crippen LogP contribution in [0.15, 0.2) is 23.1 Å². The zero-order chi connectivity index (χ0) is 18.8. The zero-order valence-corrected chi connectivity index (χ0v) is 15.6. The minimum Gasteiger partial charge on any atom is -0.395 e. The molecule has 1 heterocycles. The second kappa shape index (κ2) is 7.67. The molecule has 0 saturated carbocycles. The van der Waals surface area contributed by atoms with E-state index in [0.29, 0.717) is 13.1 Å². The van der Waals surface area contributed by atoms with Crippen molar-refractivity contribution in [2.24, 2.45) is 11.8 Å². The summed E-state index contributed by atoms with van der Waals surface area (Å²) in [5, 5.41) is 20.4. The first-order chi connectivity index (χ1) is 11.7. The van der Waals surface area contributed by atoms with E-state index >= 15 is 0 Å². The van der Waals surface area contributed by atoms with Crippen molar-refractivity contribution < 1.29 is 18.4 Å². The van der Waals surface area contributed by atoms with E-state index < -0.39 is 14.9 Å². The van der Waals surface area contributed by atoms with Crippen LogP contribution in [0.4, 0.5) is 11.4 Å². The third-order valence-electron chi connectivity index (χ3n) is 4.46. The van der Waals surface area contributed by atoms with Gasteiger partial charge in [0.15, 0.2) is 0 Å². The predicted octanol–water partition coefficient (Wildman–Crippen LogP) is 1.69. The van der Waals surface area contributed by atoms with Gasteiger partial charge in [-0.15, -0.1) is 0 Å².